The average Bonchev–Trinajstić information content (AvgIpc) is 3.02. The fourth-order valence-corrected chi connectivity index (χ4v) is 3.08. The molecule has 126 valence electrons. The van der Waals surface area contributed by atoms with Gasteiger partial charge in [0, 0.05) is 25.7 Å². The van der Waals surface area contributed by atoms with Gasteiger partial charge in [0.2, 0.25) is 11.8 Å². The van der Waals surface area contributed by atoms with Crippen LogP contribution in [0, 0.1) is 0 Å². The van der Waals surface area contributed by atoms with Gasteiger partial charge in [-0.05, 0) is 24.8 Å². The minimum absolute atomic E-state index is 0.0514. The maximum atomic E-state index is 12.5. The van der Waals surface area contributed by atoms with Crippen molar-refractivity contribution >= 4 is 17.6 Å². The van der Waals surface area contributed by atoms with E-state index in [4.69, 9.17) is 0 Å². The predicted octanol–water partition coefficient (Wildman–Crippen LogP) is 2.27. The monoisotopic (exact) mass is 326 g/mol. The number of anilines is 1. The molecule has 6 heteroatoms. The third kappa shape index (κ3) is 3.82. The zero-order valence-corrected chi connectivity index (χ0v) is 13.8. The molecule has 1 saturated heterocycles. The van der Waals surface area contributed by atoms with Gasteiger partial charge in [-0.25, -0.2) is 0 Å². The van der Waals surface area contributed by atoms with E-state index < -0.39 is 6.04 Å². The first-order valence-corrected chi connectivity index (χ1v) is 8.29. The molecule has 1 aliphatic rings. The van der Waals surface area contributed by atoms with Crippen LogP contribution in [0.2, 0.25) is 0 Å². The summed E-state index contributed by atoms with van der Waals surface area (Å²) >= 11 is 0. The molecular formula is C18H22N4O2. The fourth-order valence-electron chi connectivity index (χ4n) is 3.08. The minimum Gasteiger partial charge on any atom is -0.331 e. The molecular weight excluding hydrogens is 304 g/mol. The van der Waals surface area contributed by atoms with Crippen LogP contribution in [0.25, 0.3) is 0 Å². The Morgan fingerprint density at radius 3 is 2.75 bits per heavy atom. The van der Waals surface area contributed by atoms with Crippen LogP contribution < -0.4 is 5.32 Å². The maximum Gasteiger partial charge on any atom is 0.248 e. The van der Waals surface area contributed by atoms with Gasteiger partial charge in [0.25, 0.3) is 0 Å². The Kier molecular flexibility index (Phi) is 4.93. The van der Waals surface area contributed by atoms with Gasteiger partial charge in [-0.15, -0.1) is 0 Å². The smallest absolute Gasteiger partial charge is 0.248 e. The summed E-state index contributed by atoms with van der Waals surface area (Å²) in [4.78, 5) is 25.8. The lowest BCUT2D eigenvalue weighted by Crippen LogP contribution is -2.49. The number of piperidine rings is 1. The van der Waals surface area contributed by atoms with E-state index in [0.29, 0.717) is 25.3 Å². The number of nitrogens with zero attached hydrogens (tertiary/aromatic N) is 3. The molecule has 0 saturated carbocycles. The molecule has 1 aromatic heterocycles. The molecule has 1 atom stereocenters. The number of carbonyl (C=O) groups excluding carboxylic acids is 2. The van der Waals surface area contributed by atoms with Gasteiger partial charge in [-0.2, -0.15) is 5.10 Å². The fraction of sp³-hybridized carbons (Fsp3) is 0.389. The molecule has 2 aromatic rings. The van der Waals surface area contributed by atoms with Crippen molar-refractivity contribution in [3.63, 3.8) is 0 Å². The molecule has 2 amide bonds. The topological polar surface area (TPSA) is 67.2 Å². The molecule has 1 aliphatic heterocycles. The molecule has 1 aromatic carbocycles. The summed E-state index contributed by atoms with van der Waals surface area (Å²) in [6, 6.07) is 11.4. The highest BCUT2D eigenvalue weighted by Crippen LogP contribution is 2.18. The number of hydrogen-bond acceptors (Lipinski definition) is 3. The number of carbonyl (C=O) groups is 2. The number of amides is 2. The van der Waals surface area contributed by atoms with E-state index in [0.717, 1.165) is 18.4 Å². The summed E-state index contributed by atoms with van der Waals surface area (Å²) in [7, 11) is 0. The largest absolute Gasteiger partial charge is 0.331 e. The molecule has 2 heterocycles. The number of likely N-dealkylation sites (tertiary alicyclic amines) is 1. The van der Waals surface area contributed by atoms with Gasteiger partial charge in [0.15, 0.2) is 5.82 Å². The van der Waals surface area contributed by atoms with E-state index in [2.05, 4.69) is 10.4 Å². The zero-order chi connectivity index (χ0) is 16.9. The van der Waals surface area contributed by atoms with Crippen molar-refractivity contribution in [1.82, 2.24) is 14.7 Å². The van der Waals surface area contributed by atoms with Crippen LogP contribution in [0.1, 0.15) is 31.7 Å². The Balaban J connectivity index is 1.63. The SMILES string of the molecule is CC(=O)N1CCCCC1C(=O)Nc1ccn(Cc2ccccc2)n1. The minimum atomic E-state index is -0.393. The molecule has 3 rings (SSSR count). The Morgan fingerprint density at radius 2 is 2.00 bits per heavy atom. The van der Waals surface area contributed by atoms with Crippen LogP contribution in [-0.2, 0) is 16.1 Å². The van der Waals surface area contributed by atoms with Gasteiger partial charge in [-0.3, -0.25) is 14.3 Å². The van der Waals surface area contributed by atoms with Crippen molar-refractivity contribution in [3.8, 4) is 0 Å². The molecule has 6 nitrogen and oxygen atoms in total. The van der Waals surface area contributed by atoms with Crippen LogP contribution in [-0.4, -0.2) is 39.1 Å². The third-order valence-electron chi connectivity index (χ3n) is 4.29. The van der Waals surface area contributed by atoms with Gasteiger partial charge in [0.05, 0.1) is 6.54 Å². The van der Waals surface area contributed by atoms with Crippen molar-refractivity contribution < 1.29 is 9.59 Å². The predicted molar refractivity (Wildman–Crippen MR) is 91.4 cm³/mol. The Bertz CT molecular complexity index is 711. The Labute approximate surface area is 141 Å². The van der Waals surface area contributed by atoms with E-state index in [9.17, 15) is 9.59 Å². The standard InChI is InChI=1S/C18H22N4O2/c1-14(23)22-11-6-5-9-16(22)18(24)19-17-10-12-21(20-17)13-15-7-3-2-4-8-15/h2-4,7-8,10,12,16H,5-6,9,11,13H2,1H3,(H,19,20,24). The summed E-state index contributed by atoms with van der Waals surface area (Å²) in [6.45, 7) is 2.82. The zero-order valence-electron chi connectivity index (χ0n) is 13.8. The van der Waals surface area contributed by atoms with Crippen molar-refractivity contribution in [2.45, 2.75) is 38.8 Å². The van der Waals surface area contributed by atoms with E-state index in [1.54, 1.807) is 15.6 Å². The summed E-state index contributed by atoms with van der Waals surface area (Å²) in [5.41, 5.74) is 1.15. The van der Waals surface area contributed by atoms with Crippen molar-refractivity contribution in [3.05, 3.63) is 48.2 Å². The number of nitrogens with one attached hydrogen (secondary N) is 1. The van der Waals surface area contributed by atoms with Crippen molar-refractivity contribution in [2.75, 3.05) is 11.9 Å². The average molecular weight is 326 g/mol. The van der Waals surface area contributed by atoms with E-state index >= 15 is 0 Å². The van der Waals surface area contributed by atoms with Crippen LogP contribution in [0.4, 0.5) is 5.82 Å². The molecule has 0 bridgehead atoms. The third-order valence-corrected chi connectivity index (χ3v) is 4.29. The highest BCUT2D eigenvalue weighted by Gasteiger charge is 2.30. The number of rotatable bonds is 4. The first kappa shape index (κ1) is 16.2. The molecule has 1 unspecified atom stereocenters. The Hall–Kier alpha value is -2.63. The van der Waals surface area contributed by atoms with Crippen molar-refractivity contribution in [1.29, 1.82) is 0 Å². The molecule has 0 spiro atoms. The normalized spacial score (nSPS) is 17.5. The number of hydrogen-bond donors (Lipinski definition) is 1. The Morgan fingerprint density at radius 1 is 1.21 bits per heavy atom. The molecule has 0 radical (unpaired) electrons. The summed E-state index contributed by atoms with van der Waals surface area (Å²) < 4.78 is 1.79. The first-order valence-electron chi connectivity index (χ1n) is 8.29. The van der Waals surface area contributed by atoms with Crippen molar-refractivity contribution in [2.24, 2.45) is 0 Å². The van der Waals surface area contributed by atoms with Gasteiger partial charge in [-0.1, -0.05) is 30.3 Å². The number of aromatic nitrogens is 2. The van der Waals surface area contributed by atoms with Crippen LogP contribution in [0.5, 0.6) is 0 Å². The molecule has 1 fully saturated rings. The quantitative estimate of drug-likeness (QED) is 0.937. The summed E-state index contributed by atoms with van der Waals surface area (Å²) in [6.07, 6.45) is 4.46. The summed E-state index contributed by atoms with van der Waals surface area (Å²) in [5.74, 6) is 0.310. The second kappa shape index (κ2) is 7.29. The van der Waals surface area contributed by atoms with Gasteiger partial charge >= 0.3 is 0 Å². The highest BCUT2D eigenvalue weighted by molar-refractivity contribution is 5.96. The molecule has 24 heavy (non-hydrogen) atoms. The van der Waals surface area contributed by atoms with Crippen LogP contribution in [0.3, 0.4) is 0 Å². The first-order chi connectivity index (χ1) is 11.6. The van der Waals surface area contributed by atoms with E-state index in [1.807, 2.05) is 36.5 Å². The van der Waals surface area contributed by atoms with E-state index in [1.165, 1.54) is 6.92 Å². The second-order valence-corrected chi connectivity index (χ2v) is 6.10. The molecule has 0 aliphatic carbocycles. The lowest BCUT2D eigenvalue weighted by atomic mass is 10.0. The van der Waals surface area contributed by atoms with Gasteiger partial charge < -0.3 is 10.2 Å². The number of benzene rings is 1. The second-order valence-electron chi connectivity index (χ2n) is 6.10. The maximum absolute atomic E-state index is 12.5. The molecule has 1 N–H and O–H groups in total. The summed E-state index contributed by atoms with van der Waals surface area (Å²) in [5, 5.41) is 7.23. The highest BCUT2D eigenvalue weighted by atomic mass is 16.2. The lowest BCUT2D eigenvalue weighted by molar-refractivity contribution is -0.138. The van der Waals surface area contributed by atoms with E-state index in [-0.39, 0.29) is 11.8 Å². The van der Waals surface area contributed by atoms with Crippen LogP contribution in [0.15, 0.2) is 42.6 Å². The van der Waals surface area contributed by atoms with Crippen LogP contribution >= 0.6 is 0 Å². The van der Waals surface area contributed by atoms with Gasteiger partial charge in [0.1, 0.15) is 6.04 Å². The lowest BCUT2D eigenvalue weighted by Gasteiger charge is -2.33.